The molecule has 0 aliphatic heterocycles. The minimum absolute atomic E-state index is 0.0417. The molecule has 4 nitrogen and oxygen atoms in total. The Morgan fingerprint density at radius 3 is 2.65 bits per heavy atom. The van der Waals surface area contributed by atoms with E-state index in [4.69, 9.17) is 0 Å². The Balaban J connectivity index is 2.28. The summed E-state index contributed by atoms with van der Waals surface area (Å²) in [6.45, 7) is 3.59. The van der Waals surface area contributed by atoms with E-state index in [1.807, 2.05) is 6.07 Å². The molecule has 1 atom stereocenters. The third-order valence-electron chi connectivity index (χ3n) is 3.94. The van der Waals surface area contributed by atoms with Crippen molar-refractivity contribution in [2.24, 2.45) is 5.41 Å². The van der Waals surface area contributed by atoms with Crippen molar-refractivity contribution in [1.82, 2.24) is 0 Å². The van der Waals surface area contributed by atoms with Gasteiger partial charge in [-0.05, 0) is 38.7 Å². The Morgan fingerprint density at radius 1 is 1.53 bits per heavy atom. The maximum absolute atomic E-state index is 10.8. The normalized spacial score (nSPS) is 18.8. The first-order valence-electron chi connectivity index (χ1n) is 5.87. The summed E-state index contributed by atoms with van der Waals surface area (Å²) in [6, 6.07) is 5.17. The van der Waals surface area contributed by atoms with Crippen LogP contribution in [0.25, 0.3) is 0 Å². The van der Waals surface area contributed by atoms with Crippen LogP contribution in [0.2, 0.25) is 0 Å². The monoisotopic (exact) mass is 235 g/mol. The Morgan fingerprint density at radius 2 is 2.18 bits per heavy atom. The highest BCUT2D eigenvalue weighted by Gasteiger charge is 2.47. The predicted molar refractivity (Wildman–Crippen MR) is 64.9 cm³/mol. The van der Waals surface area contributed by atoms with Gasteiger partial charge in [0.15, 0.2) is 0 Å². The number of hydrogen-bond acceptors (Lipinski definition) is 3. The van der Waals surface area contributed by atoms with Crippen LogP contribution in [0.1, 0.15) is 30.9 Å². The van der Waals surface area contributed by atoms with Crippen LogP contribution in [0.3, 0.4) is 0 Å². The summed E-state index contributed by atoms with van der Waals surface area (Å²) in [5.41, 5.74) is 1.84. The fourth-order valence-corrected chi connectivity index (χ4v) is 2.34. The van der Waals surface area contributed by atoms with E-state index in [2.05, 4.69) is 0 Å². The fourth-order valence-electron chi connectivity index (χ4n) is 2.34. The largest absolute Gasteiger partial charge is 0.393 e. The highest BCUT2D eigenvalue weighted by Crippen LogP contribution is 2.51. The number of benzene rings is 1. The molecule has 0 bridgehead atoms. The molecular weight excluding hydrogens is 218 g/mol. The van der Waals surface area contributed by atoms with Gasteiger partial charge in [0.1, 0.15) is 0 Å². The fraction of sp³-hybridized carbons (Fsp3) is 0.538. The van der Waals surface area contributed by atoms with E-state index >= 15 is 0 Å². The SMILES string of the molecule is Cc1c(CC2(C(C)O)CC2)cccc1[N+](=O)[O-]. The second-order valence-corrected chi connectivity index (χ2v) is 5.03. The lowest BCUT2D eigenvalue weighted by atomic mass is 9.89. The van der Waals surface area contributed by atoms with Crippen LogP contribution < -0.4 is 0 Å². The van der Waals surface area contributed by atoms with Crippen LogP contribution in [0.4, 0.5) is 5.69 Å². The first-order chi connectivity index (χ1) is 7.96. The molecule has 1 aromatic carbocycles. The quantitative estimate of drug-likeness (QED) is 0.644. The molecule has 0 radical (unpaired) electrons. The summed E-state index contributed by atoms with van der Waals surface area (Å²) < 4.78 is 0. The van der Waals surface area contributed by atoms with Crippen molar-refractivity contribution in [3.63, 3.8) is 0 Å². The van der Waals surface area contributed by atoms with E-state index in [1.165, 1.54) is 6.07 Å². The predicted octanol–water partition coefficient (Wildman–Crippen LogP) is 2.61. The summed E-state index contributed by atoms with van der Waals surface area (Å²) in [4.78, 5) is 10.5. The molecule has 1 aliphatic rings. The molecule has 2 rings (SSSR count). The van der Waals surface area contributed by atoms with Crippen molar-refractivity contribution < 1.29 is 10.0 Å². The molecule has 1 saturated carbocycles. The van der Waals surface area contributed by atoms with Crippen LogP contribution in [0.5, 0.6) is 0 Å². The average Bonchev–Trinajstić information content (AvgIpc) is 3.02. The third kappa shape index (κ3) is 2.17. The lowest BCUT2D eigenvalue weighted by Crippen LogP contribution is -2.21. The summed E-state index contributed by atoms with van der Waals surface area (Å²) >= 11 is 0. The van der Waals surface area contributed by atoms with Crippen LogP contribution in [0, 0.1) is 22.5 Å². The van der Waals surface area contributed by atoms with E-state index in [0.29, 0.717) is 0 Å². The Bertz CT molecular complexity index is 450. The van der Waals surface area contributed by atoms with Crippen molar-refractivity contribution >= 4 is 5.69 Å². The van der Waals surface area contributed by atoms with Gasteiger partial charge in [-0.3, -0.25) is 10.1 Å². The summed E-state index contributed by atoms with van der Waals surface area (Å²) in [7, 11) is 0. The Labute approximate surface area is 100 Å². The smallest absolute Gasteiger partial charge is 0.272 e. The standard InChI is InChI=1S/C13H17NO3/c1-9-11(4-3-5-12(9)14(16)17)8-13(6-7-13)10(2)15/h3-5,10,15H,6-8H2,1-2H3. The van der Waals surface area contributed by atoms with Crippen LogP contribution in [0.15, 0.2) is 18.2 Å². The zero-order chi connectivity index (χ0) is 12.6. The lowest BCUT2D eigenvalue weighted by molar-refractivity contribution is -0.385. The van der Waals surface area contributed by atoms with Gasteiger partial charge in [0.2, 0.25) is 0 Å². The summed E-state index contributed by atoms with van der Waals surface area (Å²) in [5, 5.41) is 20.6. The van der Waals surface area contributed by atoms with Crippen molar-refractivity contribution in [1.29, 1.82) is 0 Å². The Kier molecular flexibility index (Phi) is 2.91. The summed E-state index contributed by atoms with van der Waals surface area (Å²) in [6.07, 6.45) is 2.40. The topological polar surface area (TPSA) is 63.4 Å². The number of nitro benzene ring substituents is 1. The van der Waals surface area contributed by atoms with Gasteiger partial charge < -0.3 is 5.11 Å². The minimum atomic E-state index is -0.346. The van der Waals surface area contributed by atoms with Crippen LogP contribution in [-0.2, 0) is 6.42 Å². The van der Waals surface area contributed by atoms with Gasteiger partial charge in [-0.1, -0.05) is 12.1 Å². The lowest BCUT2D eigenvalue weighted by Gasteiger charge is -2.19. The van der Waals surface area contributed by atoms with Crippen LogP contribution in [-0.4, -0.2) is 16.1 Å². The van der Waals surface area contributed by atoms with E-state index in [1.54, 1.807) is 19.9 Å². The molecule has 17 heavy (non-hydrogen) atoms. The molecule has 1 fully saturated rings. The van der Waals surface area contributed by atoms with Crippen molar-refractivity contribution in [3.8, 4) is 0 Å². The molecule has 4 heteroatoms. The first kappa shape index (κ1) is 12.0. The van der Waals surface area contributed by atoms with Crippen LogP contribution >= 0.6 is 0 Å². The first-order valence-corrected chi connectivity index (χ1v) is 5.87. The minimum Gasteiger partial charge on any atom is -0.393 e. The molecule has 0 aromatic heterocycles. The van der Waals surface area contributed by atoms with Gasteiger partial charge in [0.05, 0.1) is 11.0 Å². The number of aliphatic hydroxyl groups excluding tert-OH is 1. The van der Waals surface area contributed by atoms with E-state index < -0.39 is 0 Å². The number of nitro groups is 1. The van der Waals surface area contributed by atoms with Gasteiger partial charge in [-0.25, -0.2) is 0 Å². The molecule has 0 spiro atoms. The van der Waals surface area contributed by atoms with E-state index in [0.717, 1.165) is 30.4 Å². The van der Waals surface area contributed by atoms with Gasteiger partial charge in [0.25, 0.3) is 5.69 Å². The zero-order valence-electron chi connectivity index (χ0n) is 10.1. The van der Waals surface area contributed by atoms with Crippen molar-refractivity contribution in [2.45, 2.75) is 39.2 Å². The van der Waals surface area contributed by atoms with E-state index in [9.17, 15) is 15.2 Å². The second-order valence-electron chi connectivity index (χ2n) is 5.03. The number of aliphatic hydroxyl groups is 1. The zero-order valence-corrected chi connectivity index (χ0v) is 10.1. The van der Waals surface area contributed by atoms with Gasteiger partial charge >= 0.3 is 0 Å². The molecular formula is C13H17NO3. The van der Waals surface area contributed by atoms with Gasteiger partial charge in [-0.2, -0.15) is 0 Å². The molecule has 0 heterocycles. The Hall–Kier alpha value is -1.42. The molecule has 1 aromatic rings. The molecule has 1 N–H and O–H groups in total. The van der Waals surface area contributed by atoms with Gasteiger partial charge in [-0.15, -0.1) is 0 Å². The maximum atomic E-state index is 10.8. The van der Waals surface area contributed by atoms with Crippen molar-refractivity contribution in [2.75, 3.05) is 0 Å². The molecule has 1 aliphatic carbocycles. The number of hydrogen-bond donors (Lipinski definition) is 1. The van der Waals surface area contributed by atoms with E-state index in [-0.39, 0.29) is 22.1 Å². The maximum Gasteiger partial charge on any atom is 0.272 e. The molecule has 0 amide bonds. The number of nitrogens with zero attached hydrogens (tertiary/aromatic N) is 1. The van der Waals surface area contributed by atoms with Gasteiger partial charge in [0, 0.05) is 17.0 Å². The molecule has 92 valence electrons. The second kappa shape index (κ2) is 4.11. The highest BCUT2D eigenvalue weighted by molar-refractivity contribution is 5.45. The summed E-state index contributed by atoms with van der Waals surface area (Å²) in [5.74, 6) is 0. The average molecular weight is 235 g/mol. The molecule has 1 unspecified atom stereocenters. The highest BCUT2D eigenvalue weighted by atomic mass is 16.6. The van der Waals surface area contributed by atoms with Crippen molar-refractivity contribution in [3.05, 3.63) is 39.4 Å². The third-order valence-corrected chi connectivity index (χ3v) is 3.94. The molecule has 0 saturated heterocycles. The number of rotatable bonds is 4.